The zero-order chi connectivity index (χ0) is 19.0. The lowest BCUT2D eigenvalue weighted by atomic mass is 10.2. The molecule has 4 rings (SSSR count). The van der Waals surface area contributed by atoms with Crippen molar-refractivity contribution in [2.24, 2.45) is 0 Å². The van der Waals surface area contributed by atoms with Crippen molar-refractivity contribution >= 4 is 39.0 Å². The maximum atomic E-state index is 6.24. The molecule has 138 valence electrons. The molecule has 3 heterocycles. The Morgan fingerprint density at radius 2 is 2.11 bits per heavy atom. The SMILES string of the molecule is COc1ccc(CNc2nc(-n3ccnc3)nc3sc(C)c(C)c23)cc1Cl. The van der Waals surface area contributed by atoms with Crippen LogP contribution in [0.25, 0.3) is 16.2 Å². The number of nitrogens with zero attached hydrogens (tertiary/aromatic N) is 4. The van der Waals surface area contributed by atoms with Crippen molar-refractivity contribution in [2.75, 3.05) is 12.4 Å². The first kappa shape index (κ1) is 17.8. The first-order valence-electron chi connectivity index (χ1n) is 8.39. The van der Waals surface area contributed by atoms with Crippen LogP contribution >= 0.6 is 22.9 Å². The average molecular weight is 400 g/mol. The molecule has 1 N–H and O–H groups in total. The number of benzene rings is 1. The van der Waals surface area contributed by atoms with E-state index in [1.54, 1.807) is 35.5 Å². The van der Waals surface area contributed by atoms with E-state index in [2.05, 4.69) is 24.1 Å². The fourth-order valence-electron chi connectivity index (χ4n) is 2.86. The number of rotatable bonds is 5. The third-order valence-electron chi connectivity index (χ3n) is 4.43. The predicted molar refractivity (Wildman–Crippen MR) is 109 cm³/mol. The number of hydrogen-bond donors (Lipinski definition) is 1. The Morgan fingerprint density at radius 3 is 2.81 bits per heavy atom. The standard InChI is InChI=1S/C19H18ClN5OS/c1-11-12(2)27-18-16(11)17(23-19(24-18)25-7-6-21-10-25)22-9-13-4-5-15(26-3)14(20)8-13/h4-8,10H,9H2,1-3H3,(H,22,23,24). The summed E-state index contributed by atoms with van der Waals surface area (Å²) in [5.41, 5.74) is 2.24. The minimum atomic E-state index is 0.589. The molecule has 0 unspecified atom stereocenters. The molecule has 1 aromatic carbocycles. The quantitative estimate of drug-likeness (QED) is 0.523. The molecule has 0 saturated heterocycles. The number of hydrogen-bond acceptors (Lipinski definition) is 6. The van der Waals surface area contributed by atoms with Crippen LogP contribution in [0.2, 0.25) is 5.02 Å². The monoisotopic (exact) mass is 399 g/mol. The predicted octanol–water partition coefficient (Wildman–Crippen LogP) is 4.77. The van der Waals surface area contributed by atoms with Crippen LogP contribution < -0.4 is 10.1 Å². The number of aromatic nitrogens is 4. The van der Waals surface area contributed by atoms with Gasteiger partial charge in [-0.2, -0.15) is 4.98 Å². The van der Waals surface area contributed by atoms with E-state index in [1.165, 1.54) is 10.4 Å². The van der Waals surface area contributed by atoms with Crippen molar-refractivity contribution < 1.29 is 4.74 Å². The molecule has 3 aromatic heterocycles. The summed E-state index contributed by atoms with van der Waals surface area (Å²) in [4.78, 5) is 15.7. The molecule has 0 amide bonds. The molecule has 0 spiro atoms. The van der Waals surface area contributed by atoms with Gasteiger partial charge in [0.15, 0.2) is 0 Å². The van der Waals surface area contributed by atoms with Crippen LogP contribution in [-0.4, -0.2) is 26.6 Å². The molecule has 0 aliphatic rings. The first-order chi connectivity index (χ1) is 13.1. The summed E-state index contributed by atoms with van der Waals surface area (Å²) < 4.78 is 7.02. The highest BCUT2D eigenvalue weighted by molar-refractivity contribution is 7.18. The van der Waals surface area contributed by atoms with E-state index in [-0.39, 0.29) is 0 Å². The molecule has 27 heavy (non-hydrogen) atoms. The molecule has 4 aromatic rings. The third-order valence-corrected chi connectivity index (χ3v) is 5.82. The van der Waals surface area contributed by atoms with Gasteiger partial charge in [0.25, 0.3) is 0 Å². The smallest absolute Gasteiger partial charge is 0.238 e. The number of nitrogens with one attached hydrogen (secondary N) is 1. The minimum absolute atomic E-state index is 0.589. The lowest BCUT2D eigenvalue weighted by Gasteiger charge is -2.11. The van der Waals surface area contributed by atoms with Gasteiger partial charge in [-0.1, -0.05) is 17.7 Å². The highest BCUT2D eigenvalue weighted by Gasteiger charge is 2.15. The Balaban J connectivity index is 1.72. The topological polar surface area (TPSA) is 64.9 Å². The van der Waals surface area contributed by atoms with Gasteiger partial charge < -0.3 is 10.1 Å². The number of imidazole rings is 1. The van der Waals surface area contributed by atoms with Crippen molar-refractivity contribution in [3.8, 4) is 11.7 Å². The highest BCUT2D eigenvalue weighted by Crippen LogP contribution is 2.34. The Labute approximate surface area is 165 Å². The molecule has 0 radical (unpaired) electrons. The van der Waals surface area contributed by atoms with E-state index in [9.17, 15) is 0 Å². The maximum absolute atomic E-state index is 6.24. The van der Waals surface area contributed by atoms with Crippen molar-refractivity contribution in [1.82, 2.24) is 19.5 Å². The fraction of sp³-hybridized carbons (Fsp3) is 0.211. The Morgan fingerprint density at radius 1 is 1.26 bits per heavy atom. The summed E-state index contributed by atoms with van der Waals surface area (Å²) in [7, 11) is 1.61. The minimum Gasteiger partial charge on any atom is -0.495 e. The number of halogens is 1. The highest BCUT2D eigenvalue weighted by atomic mass is 35.5. The molecular formula is C19H18ClN5OS. The van der Waals surface area contributed by atoms with Gasteiger partial charge in [-0.05, 0) is 37.1 Å². The van der Waals surface area contributed by atoms with Gasteiger partial charge in [0.05, 0.1) is 17.5 Å². The van der Waals surface area contributed by atoms with Gasteiger partial charge in [-0.15, -0.1) is 11.3 Å². The number of fused-ring (bicyclic) bond motifs is 1. The summed E-state index contributed by atoms with van der Waals surface area (Å²) >= 11 is 7.91. The number of ether oxygens (including phenoxy) is 1. The Hall–Kier alpha value is -2.64. The Bertz CT molecular complexity index is 1110. The van der Waals surface area contributed by atoms with Crippen molar-refractivity contribution in [3.05, 3.63) is 57.9 Å². The lowest BCUT2D eigenvalue weighted by Crippen LogP contribution is -2.06. The largest absolute Gasteiger partial charge is 0.495 e. The summed E-state index contributed by atoms with van der Waals surface area (Å²) in [6.45, 7) is 4.79. The first-order valence-corrected chi connectivity index (χ1v) is 9.58. The molecule has 0 bridgehead atoms. The van der Waals surface area contributed by atoms with E-state index < -0.39 is 0 Å². The molecule has 0 fully saturated rings. The molecule has 0 aliphatic heterocycles. The fourth-order valence-corrected chi connectivity index (χ4v) is 4.17. The zero-order valence-corrected chi connectivity index (χ0v) is 16.7. The molecular weight excluding hydrogens is 382 g/mol. The van der Waals surface area contributed by atoms with Crippen molar-refractivity contribution in [2.45, 2.75) is 20.4 Å². The third kappa shape index (κ3) is 3.36. The van der Waals surface area contributed by atoms with E-state index in [0.29, 0.717) is 23.3 Å². The molecule has 8 heteroatoms. The van der Waals surface area contributed by atoms with Crippen molar-refractivity contribution in [1.29, 1.82) is 0 Å². The van der Waals surface area contributed by atoms with Crippen LogP contribution in [-0.2, 0) is 6.54 Å². The Kier molecular flexibility index (Phi) is 4.72. The van der Waals surface area contributed by atoms with E-state index in [0.717, 1.165) is 21.6 Å². The van der Waals surface area contributed by atoms with Crippen LogP contribution in [0, 0.1) is 13.8 Å². The summed E-state index contributed by atoms with van der Waals surface area (Å²) in [6.07, 6.45) is 5.24. The van der Waals surface area contributed by atoms with Gasteiger partial charge in [-0.3, -0.25) is 4.57 Å². The zero-order valence-electron chi connectivity index (χ0n) is 15.2. The number of thiophene rings is 1. The molecule has 0 atom stereocenters. The molecule has 0 aliphatic carbocycles. The van der Waals surface area contributed by atoms with Crippen molar-refractivity contribution in [3.63, 3.8) is 0 Å². The second kappa shape index (κ2) is 7.17. The second-order valence-corrected chi connectivity index (χ2v) is 7.74. The number of anilines is 1. The van der Waals surface area contributed by atoms with Crippen LogP contribution in [0.5, 0.6) is 5.75 Å². The number of methoxy groups -OCH3 is 1. The van der Waals surface area contributed by atoms with E-state index in [1.807, 2.05) is 24.4 Å². The summed E-state index contributed by atoms with van der Waals surface area (Å²) in [6, 6.07) is 5.75. The van der Waals surface area contributed by atoms with Gasteiger partial charge in [0.1, 0.15) is 22.7 Å². The van der Waals surface area contributed by atoms with E-state index in [4.69, 9.17) is 26.3 Å². The lowest BCUT2D eigenvalue weighted by molar-refractivity contribution is 0.415. The normalized spacial score (nSPS) is 11.1. The average Bonchev–Trinajstić information content (AvgIpc) is 3.29. The number of aryl methyl sites for hydroxylation is 2. The van der Waals surface area contributed by atoms with Crippen LogP contribution in [0.4, 0.5) is 5.82 Å². The van der Waals surface area contributed by atoms with Gasteiger partial charge in [-0.25, -0.2) is 9.97 Å². The van der Waals surface area contributed by atoms with Crippen LogP contribution in [0.15, 0.2) is 36.9 Å². The van der Waals surface area contributed by atoms with E-state index >= 15 is 0 Å². The van der Waals surface area contributed by atoms with Crippen LogP contribution in [0.1, 0.15) is 16.0 Å². The molecule has 6 nitrogen and oxygen atoms in total. The van der Waals surface area contributed by atoms with Gasteiger partial charge in [0.2, 0.25) is 5.95 Å². The second-order valence-electron chi connectivity index (χ2n) is 6.13. The maximum Gasteiger partial charge on any atom is 0.238 e. The van der Waals surface area contributed by atoms with Gasteiger partial charge in [0, 0.05) is 23.8 Å². The molecule has 0 saturated carbocycles. The summed E-state index contributed by atoms with van der Waals surface area (Å²) in [5.74, 6) is 2.06. The van der Waals surface area contributed by atoms with Crippen LogP contribution in [0.3, 0.4) is 0 Å². The summed E-state index contributed by atoms with van der Waals surface area (Å²) in [5, 5.41) is 5.09. The van der Waals surface area contributed by atoms with Gasteiger partial charge >= 0.3 is 0 Å².